The molecule has 2 aliphatic rings. The van der Waals surface area contributed by atoms with Gasteiger partial charge in [-0.25, -0.2) is 9.97 Å². The van der Waals surface area contributed by atoms with Crippen LogP contribution in [0.1, 0.15) is 67.9 Å². The highest BCUT2D eigenvalue weighted by Crippen LogP contribution is 2.30. The number of amides is 1. The van der Waals surface area contributed by atoms with Gasteiger partial charge in [0.2, 0.25) is 0 Å². The van der Waals surface area contributed by atoms with Gasteiger partial charge in [-0.2, -0.15) is 0 Å². The molecule has 2 N–H and O–H groups in total. The standard InChI is InChI=1S/C29H37N5O2S/c1-21-8-3-6-17-36-26-11-10-22(9-7-16-34-14-4-2-5-15-34)18-24(26)32-28(35)25-20-37-29(33-25)23-12-13-30-27(19-23)31-21/h10-13,18-21H,2-9,14-17H2,1H3,(H,30,31)(H,32,35). The number of ether oxygens (including phenoxy) is 1. The van der Waals surface area contributed by atoms with Crippen LogP contribution in [-0.4, -0.2) is 53.1 Å². The third-order valence-electron chi connectivity index (χ3n) is 7.11. The van der Waals surface area contributed by atoms with E-state index in [2.05, 4.69) is 44.6 Å². The monoisotopic (exact) mass is 519 g/mol. The normalized spacial score (nSPS) is 19.2. The van der Waals surface area contributed by atoms with Gasteiger partial charge < -0.3 is 20.3 Å². The minimum absolute atomic E-state index is 0.219. The largest absolute Gasteiger partial charge is 0.491 e. The summed E-state index contributed by atoms with van der Waals surface area (Å²) in [5.41, 5.74) is 3.30. The molecule has 1 saturated heterocycles. The average Bonchev–Trinajstić information content (AvgIpc) is 3.41. The molecule has 1 unspecified atom stereocenters. The van der Waals surface area contributed by atoms with E-state index in [0.717, 1.165) is 66.5 Å². The number of hydrogen-bond donors (Lipinski definition) is 2. The number of fused-ring (bicyclic) bond motifs is 6. The van der Waals surface area contributed by atoms with E-state index >= 15 is 0 Å². The summed E-state index contributed by atoms with van der Waals surface area (Å²) < 4.78 is 6.15. The lowest BCUT2D eigenvalue weighted by Gasteiger charge is -2.26. The molecule has 4 heterocycles. The minimum Gasteiger partial charge on any atom is -0.491 e. The lowest BCUT2D eigenvalue weighted by atomic mass is 10.1. The van der Waals surface area contributed by atoms with Crippen molar-refractivity contribution in [2.75, 3.05) is 36.9 Å². The maximum Gasteiger partial charge on any atom is 0.275 e. The first-order valence-electron chi connectivity index (χ1n) is 13.6. The van der Waals surface area contributed by atoms with E-state index < -0.39 is 0 Å². The molecule has 0 spiro atoms. The molecular weight excluding hydrogens is 482 g/mol. The van der Waals surface area contributed by atoms with Crippen LogP contribution >= 0.6 is 11.3 Å². The summed E-state index contributed by atoms with van der Waals surface area (Å²) in [5.74, 6) is 1.32. The number of aromatic nitrogens is 2. The number of carbonyl (C=O) groups excluding carboxylic acids is 1. The van der Waals surface area contributed by atoms with Crippen LogP contribution < -0.4 is 15.4 Å². The summed E-state index contributed by atoms with van der Waals surface area (Å²) in [6, 6.07) is 10.5. The zero-order chi connectivity index (χ0) is 25.5. The van der Waals surface area contributed by atoms with Gasteiger partial charge >= 0.3 is 0 Å². The molecule has 37 heavy (non-hydrogen) atoms. The Labute approximate surface area is 223 Å². The zero-order valence-electron chi connectivity index (χ0n) is 21.7. The molecule has 2 aromatic heterocycles. The van der Waals surface area contributed by atoms with Crippen LogP contribution in [0.25, 0.3) is 10.6 Å². The summed E-state index contributed by atoms with van der Waals surface area (Å²) in [5, 5.41) is 9.19. The Morgan fingerprint density at radius 1 is 1.11 bits per heavy atom. The Kier molecular flexibility index (Phi) is 8.68. The molecule has 7 nitrogen and oxygen atoms in total. The van der Waals surface area contributed by atoms with Crippen LogP contribution in [0.3, 0.4) is 0 Å². The van der Waals surface area contributed by atoms with Crippen molar-refractivity contribution < 1.29 is 9.53 Å². The third kappa shape index (κ3) is 7.08. The maximum absolute atomic E-state index is 13.2. The van der Waals surface area contributed by atoms with Gasteiger partial charge in [-0.1, -0.05) is 12.5 Å². The van der Waals surface area contributed by atoms with Crippen LogP contribution in [0.4, 0.5) is 11.5 Å². The van der Waals surface area contributed by atoms with Gasteiger partial charge in [-0.05, 0) is 101 Å². The molecule has 5 rings (SSSR count). The number of anilines is 2. The first-order valence-corrected chi connectivity index (χ1v) is 14.5. The summed E-state index contributed by atoms with van der Waals surface area (Å²) >= 11 is 1.46. The molecule has 196 valence electrons. The maximum atomic E-state index is 13.2. The second kappa shape index (κ2) is 12.5. The quantitative estimate of drug-likeness (QED) is 0.425. The van der Waals surface area contributed by atoms with Gasteiger partial charge in [0, 0.05) is 23.2 Å². The minimum atomic E-state index is -0.219. The number of hydrogen-bond acceptors (Lipinski definition) is 7. The summed E-state index contributed by atoms with van der Waals surface area (Å²) in [4.78, 5) is 24.9. The lowest BCUT2D eigenvalue weighted by molar-refractivity contribution is 0.102. The van der Waals surface area contributed by atoms with Crippen molar-refractivity contribution in [3.63, 3.8) is 0 Å². The van der Waals surface area contributed by atoms with E-state index in [9.17, 15) is 4.79 Å². The highest BCUT2D eigenvalue weighted by molar-refractivity contribution is 7.13. The number of thiazole rings is 1. The molecule has 1 fully saturated rings. The van der Waals surface area contributed by atoms with Gasteiger partial charge in [-0.15, -0.1) is 11.3 Å². The van der Waals surface area contributed by atoms with Crippen molar-refractivity contribution in [2.24, 2.45) is 0 Å². The second-order valence-corrected chi connectivity index (χ2v) is 11.0. The Morgan fingerprint density at radius 3 is 2.89 bits per heavy atom. The van der Waals surface area contributed by atoms with E-state index in [-0.39, 0.29) is 5.91 Å². The molecule has 0 radical (unpaired) electrons. The predicted octanol–water partition coefficient (Wildman–Crippen LogP) is 6.24. The van der Waals surface area contributed by atoms with Crippen molar-refractivity contribution in [1.29, 1.82) is 0 Å². The van der Waals surface area contributed by atoms with Crippen LogP contribution in [-0.2, 0) is 6.42 Å². The van der Waals surface area contributed by atoms with Gasteiger partial charge in [0.1, 0.15) is 22.3 Å². The number of piperidine rings is 1. The van der Waals surface area contributed by atoms with Crippen LogP contribution in [0.15, 0.2) is 41.9 Å². The molecular formula is C29H37N5O2S. The van der Waals surface area contributed by atoms with Gasteiger partial charge in [-0.3, -0.25) is 4.79 Å². The lowest BCUT2D eigenvalue weighted by Crippen LogP contribution is -2.30. The van der Waals surface area contributed by atoms with E-state index in [1.165, 1.54) is 49.3 Å². The van der Waals surface area contributed by atoms with E-state index in [4.69, 9.17) is 4.74 Å². The Balaban J connectivity index is 1.33. The highest BCUT2D eigenvalue weighted by Gasteiger charge is 2.17. The number of benzene rings is 1. The van der Waals surface area contributed by atoms with Crippen molar-refractivity contribution in [1.82, 2.24) is 14.9 Å². The number of nitrogens with zero attached hydrogens (tertiary/aromatic N) is 3. The zero-order valence-corrected chi connectivity index (χ0v) is 22.5. The van der Waals surface area contributed by atoms with Crippen molar-refractivity contribution in [3.8, 4) is 16.3 Å². The molecule has 1 aromatic carbocycles. The van der Waals surface area contributed by atoms with Crippen LogP contribution in [0.5, 0.6) is 5.75 Å². The van der Waals surface area contributed by atoms with Crippen LogP contribution in [0, 0.1) is 0 Å². The fourth-order valence-corrected chi connectivity index (χ4v) is 5.84. The first kappa shape index (κ1) is 25.7. The molecule has 1 atom stereocenters. The van der Waals surface area contributed by atoms with Gasteiger partial charge in [0.25, 0.3) is 5.91 Å². The fraction of sp³-hybridized carbons (Fsp3) is 0.483. The van der Waals surface area contributed by atoms with Crippen LogP contribution in [0.2, 0.25) is 0 Å². The second-order valence-electron chi connectivity index (χ2n) is 10.1. The molecule has 4 bridgehead atoms. The third-order valence-corrected chi connectivity index (χ3v) is 8.00. The molecule has 8 heteroatoms. The topological polar surface area (TPSA) is 79.4 Å². The number of nitrogens with one attached hydrogen (secondary N) is 2. The average molecular weight is 520 g/mol. The number of likely N-dealkylation sites (tertiary alicyclic amines) is 1. The summed E-state index contributed by atoms with van der Waals surface area (Å²) in [6.45, 7) is 6.36. The van der Waals surface area contributed by atoms with Crippen molar-refractivity contribution in [3.05, 3.63) is 53.2 Å². The Bertz CT molecular complexity index is 1190. The summed E-state index contributed by atoms with van der Waals surface area (Å²) in [6.07, 6.45) is 10.9. The van der Waals surface area contributed by atoms with Gasteiger partial charge in [0.05, 0.1) is 12.3 Å². The smallest absolute Gasteiger partial charge is 0.275 e. The number of pyridine rings is 1. The Hall–Kier alpha value is -2.97. The predicted molar refractivity (Wildman–Crippen MR) is 151 cm³/mol. The SMILES string of the molecule is CC1CCCCOc2ccc(CCCN3CCCCC3)cc2NC(=O)c2csc(n2)-c2ccnc(c2)N1. The number of rotatable bonds is 4. The molecule has 3 aromatic rings. The van der Waals surface area contributed by atoms with E-state index in [0.29, 0.717) is 18.3 Å². The number of carbonyl (C=O) groups is 1. The molecule has 0 aliphatic carbocycles. The van der Waals surface area contributed by atoms with Gasteiger partial charge in [0.15, 0.2) is 0 Å². The van der Waals surface area contributed by atoms with E-state index in [1.807, 2.05) is 23.6 Å². The Morgan fingerprint density at radius 2 is 2.00 bits per heavy atom. The summed E-state index contributed by atoms with van der Waals surface area (Å²) in [7, 11) is 0. The molecule has 2 aliphatic heterocycles. The first-order chi connectivity index (χ1) is 18.1. The van der Waals surface area contributed by atoms with E-state index in [1.54, 1.807) is 6.20 Å². The van der Waals surface area contributed by atoms with Crippen molar-refractivity contribution >= 4 is 28.7 Å². The number of aryl methyl sites for hydroxylation is 1. The molecule has 0 saturated carbocycles. The fourth-order valence-electron chi connectivity index (χ4n) is 5.04. The highest BCUT2D eigenvalue weighted by atomic mass is 32.1. The molecule has 1 amide bonds. The van der Waals surface area contributed by atoms with Crippen molar-refractivity contribution in [2.45, 2.75) is 64.3 Å².